The molecule has 0 amide bonds. The molecule has 2 atom stereocenters. The summed E-state index contributed by atoms with van der Waals surface area (Å²) in [4.78, 5) is 4.79. The molecule has 0 bridgehead atoms. The van der Waals surface area contributed by atoms with Crippen molar-refractivity contribution in [1.29, 1.82) is 0 Å². The third-order valence-corrected chi connectivity index (χ3v) is 7.62. The van der Waals surface area contributed by atoms with Crippen molar-refractivity contribution in [3.8, 4) is 0 Å². The van der Waals surface area contributed by atoms with Crippen molar-refractivity contribution < 1.29 is 0 Å². The third kappa shape index (κ3) is 2.21. The summed E-state index contributed by atoms with van der Waals surface area (Å²) < 4.78 is 1.26. The summed E-state index contributed by atoms with van der Waals surface area (Å²) in [7, 11) is 0. The number of hydrogen-bond acceptors (Lipinski definition) is 4. The van der Waals surface area contributed by atoms with Gasteiger partial charge >= 0.3 is 137 Å². The van der Waals surface area contributed by atoms with E-state index < -0.39 is 0 Å². The second-order valence-electron chi connectivity index (χ2n) is 5.84. The molecule has 0 saturated carbocycles. The number of nitrogens with two attached hydrogens (primary N) is 1. The number of nitrogens with zero attached hydrogens (tertiary/aromatic N) is 1. The Morgan fingerprint density at radius 3 is 3.18 bits per heavy atom. The first-order valence-electron chi connectivity index (χ1n) is 7.79. The van der Waals surface area contributed by atoms with Gasteiger partial charge in [0.25, 0.3) is 0 Å². The van der Waals surface area contributed by atoms with Crippen LogP contribution < -0.4 is 16.4 Å². The van der Waals surface area contributed by atoms with Crippen LogP contribution in [-0.2, 0) is 6.42 Å². The van der Waals surface area contributed by atoms with Gasteiger partial charge in [0.15, 0.2) is 0 Å². The Morgan fingerprint density at radius 2 is 2.32 bits per heavy atom. The topological polar surface area (TPSA) is 62.4 Å². The first kappa shape index (κ1) is 14.1. The van der Waals surface area contributed by atoms with Gasteiger partial charge in [-0.2, -0.15) is 0 Å². The standard InChI is InChI=1S/C17H20N4Se/c1-2-10-4-3-5-11(8-10)13-15-12(6-7-19-13)14-16(22-15)17(18)21-9-20-14/h3-5,8-9,13,15,19H,2,6-7,18H2,1H3,(H,20,21). The van der Waals surface area contributed by atoms with Crippen LogP contribution in [0.5, 0.6) is 0 Å². The van der Waals surface area contributed by atoms with Gasteiger partial charge in [0.1, 0.15) is 0 Å². The number of benzene rings is 1. The van der Waals surface area contributed by atoms with Gasteiger partial charge in [-0.3, -0.25) is 0 Å². The van der Waals surface area contributed by atoms with E-state index >= 15 is 0 Å². The summed E-state index contributed by atoms with van der Waals surface area (Å²) in [6.45, 7) is 3.24. The summed E-state index contributed by atoms with van der Waals surface area (Å²) in [5, 5.41) is 7.08. The van der Waals surface area contributed by atoms with Crippen LogP contribution in [0.4, 0.5) is 0 Å². The Hall–Kier alpha value is -1.55. The van der Waals surface area contributed by atoms with E-state index in [-0.39, 0.29) is 0 Å². The van der Waals surface area contributed by atoms with Crippen LogP contribution in [0.25, 0.3) is 0 Å². The molecule has 2 unspecified atom stereocenters. The molecule has 1 aromatic rings. The molecular formula is C17H20N4Se. The molecule has 4 rings (SSSR count). The predicted octanol–water partition coefficient (Wildman–Crippen LogP) is 1.80. The monoisotopic (exact) mass is 360 g/mol. The number of piperidine rings is 1. The third-order valence-electron chi connectivity index (χ3n) is 4.56. The maximum absolute atomic E-state index is 6.11. The Bertz CT molecular complexity index is 704. The summed E-state index contributed by atoms with van der Waals surface area (Å²) in [5.74, 6) is 0.705. The average Bonchev–Trinajstić information content (AvgIpc) is 2.95. The normalized spacial score (nSPS) is 26.8. The van der Waals surface area contributed by atoms with Gasteiger partial charge in [-0.15, -0.1) is 0 Å². The number of allylic oxidation sites excluding steroid dienone is 1. The van der Waals surface area contributed by atoms with Crippen LogP contribution in [0.1, 0.15) is 30.5 Å². The van der Waals surface area contributed by atoms with Crippen molar-refractivity contribution in [2.45, 2.75) is 30.6 Å². The van der Waals surface area contributed by atoms with E-state index in [2.05, 4.69) is 46.8 Å². The molecule has 114 valence electrons. The molecule has 3 heterocycles. The van der Waals surface area contributed by atoms with E-state index in [0.29, 0.717) is 31.6 Å². The second kappa shape index (κ2) is 5.58. The van der Waals surface area contributed by atoms with Crippen LogP contribution in [0.3, 0.4) is 0 Å². The van der Waals surface area contributed by atoms with Gasteiger partial charge in [0.05, 0.1) is 0 Å². The molecule has 0 aromatic heterocycles. The van der Waals surface area contributed by atoms with Crippen molar-refractivity contribution in [2.75, 3.05) is 6.54 Å². The summed E-state index contributed by atoms with van der Waals surface area (Å²) >= 11 is 0.333. The molecule has 1 aromatic carbocycles. The summed E-state index contributed by atoms with van der Waals surface area (Å²) in [6, 6.07) is 9.40. The molecule has 4 N–H and O–H groups in total. The van der Waals surface area contributed by atoms with Crippen LogP contribution in [-0.4, -0.2) is 27.8 Å². The number of rotatable bonds is 2. The molecular weight excluding hydrogens is 339 g/mol. The van der Waals surface area contributed by atoms with E-state index in [4.69, 9.17) is 5.73 Å². The van der Waals surface area contributed by atoms with Crippen molar-refractivity contribution in [1.82, 2.24) is 10.6 Å². The quantitative estimate of drug-likeness (QED) is 0.706. The number of aryl methyl sites for hydroxylation is 1. The zero-order valence-corrected chi connectivity index (χ0v) is 14.3. The Morgan fingerprint density at radius 1 is 1.41 bits per heavy atom. The van der Waals surface area contributed by atoms with Crippen molar-refractivity contribution in [3.63, 3.8) is 0 Å². The Labute approximate surface area is 137 Å². The SMILES string of the molecule is CCc1cccc(C2NCCC3=C4NC=NC(N)=C4[Se]C32)c1. The first-order chi connectivity index (χ1) is 10.8. The Balaban J connectivity index is 1.72. The molecule has 1 saturated heterocycles. The Kier molecular flexibility index (Phi) is 3.57. The van der Waals surface area contributed by atoms with Crippen LogP contribution in [0.2, 0.25) is 4.82 Å². The average molecular weight is 359 g/mol. The van der Waals surface area contributed by atoms with Crippen molar-refractivity contribution in [3.05, 3.63) is 57.0 Å². The van der Waals surface area contributed by atoms with Gasteiger partial charge in [-0.25, -0.2) is 0 Å². The fourth-order valence-electron chi connectivity index (χ4n) is 3.42. The second-order valence-corrected chi connectivity index (χ2v) is 8.25. The van der Waals surface area contributed by atoms with Gasteiger partial charge in [0, 0.05) is 0 Å². The maximum atomic E-state index is 6.11. The summed E-state index contributed by atoms with van der Waals surface area (Å²) in [5.41, 5.74) is 11.7. The number of nitrogens with one attached hydrogen (secondary N) is 2. The van der Waals surface area contributed by atoms with E-state index in [9.17, 15) is 0 Å². The van der Waals surface area contributed by atoms with Gasteiger partial charge < -0.3 is 0 Å². The molecule has 3 aliphatic rings. The van der Waals surface area contributed by atoms with Crippen LogP contribution >= 0.6 is 0 Å². The van der Waals surface area contributed by atoms with Crippen LogP contribution in [0, 0.1) is 0 Å². The fraction of sp³-hybridized carbons (Fsp3) is 0.353. The minimum atomic E-state index is 0.333. The van der Waals surface area contributed by atoms with Crippen molar-refractivity contribution in [2.24, 2.45) is 10.7 Å². The molecule has 5 heteroatoms. The van der Waals surface area contributed by atoms with E-state index in [1.807, 2.05) is 0 Å². The number of aliphatic imine (C=N–C) groups is 1. The van der Waals surface area contributed by atoms with E-state index in [1.54, 1.807) is 6.34 Å². The first-order valence-corrected chi connectivity index (χ1v) is 9.63. The number of fused-ring (bicyclic) bond motifs is 2. The van der Waals surface area contributed by atoms with Gasteiger partial charge in [-0.1, -0.05) is 0 Å². The fourth-order valence-corrected chi connectivity index (χ4v) is 6.57. The zero-order valence-electron chi connectivity index (χ0n) is 12.6. The predicted molar refractivity (Wildman–Crippen MR) is 90.6 cm³/mol. The summed E-state index contributed by atoms with van der Waals surface area (Å²) in [6.07, 6.45) is 3.91. The molecule has 0 spiro atoms. The molecule has 0 radical (unpaired) electrons. The zero-order chi connectivity index (χ0) is 15.1. The van der Waals surface area contributed by atoms with Gasteiger partial charge in [-0.05, 0) is 0 Å². The molecule has 4 nitrogen and oxygen atoms in total. The molecule has 3 aliphatic heterocycles. The minimum absolute atomic E-state index is 0.333. The van der Waals surface area contributed by atoms with E-state index in [0.717, 1.165) is 19.4 Å². The van der Waals surface area contributed by atoms with Crippen LogP contribution in [0.15, 0.2) is 50.8 Å². The van der Waals surface area contributed by atoms with Gasteiger partial charge in [0.2, 0.25) is 0 Å². The van der Waals surface area contributed by atoms with Crippen molar-refractivity contribution >= 4 is 21.3 Å². The molecule has 0 aliphatic carbocycles. The molecule has 1 fully saturated rings. The number of hydrogen-bond donors (Lipinski definition) is 3. The van der Waals surface area contributed by atoms with E-state index in [1.165, 1.54) is 26.9 Å². The molecule has 22 heavy (non-hydrogen) atoms.